The second-order valence-electron chi connectivity index (χ2n) is 5.18. The van der Waals surface area contributed by atoms with E-state index in [1.54, 1.807) is 13.1 Å². The molecule has 0 spiro atoms. The zero-order valence-corrected chi connectivity index (χ0v) is 10.9. The van der Waals surface area contributed by atoms with Crippen LogP contribution < -0.4 is 5.76 Å². The van der Waals surface area contributed by atoms with E-state index >= 15 is 0 Å². The minimum atomic E-state index is -0.374. The minimum absolute atomic E-state index is 0.145. The highest BCUT2D eigenvalue weighted by molar-refractivity contribution is 5.80. The number of esters is 1. The van der Waals surface area contributed by atoms with Gasteiger partial charge in [0.1, 0.15) is 0 Å². The van der Waals surface area contributed by atoms with E-state index < -0.39 is 0 Å². The molecule has 0 radical (unpaired) electrons. The van der Waals surface area contributed by atoms with Crippen molar-refractivity contribution in [2.24, 2.45) is 12.5 Å². The Kier molecular flexibility index (Phi) is 2.52. The van der Waals surface area contributed by atoms with E-state index in [1.165, 1.54) is 11.7 Å². The number of ether oxygens (including phenoxy) is 1. The van der Waals surface area contributed by atoms with Gasteiger partial charge in [0, 0.05) is 7.05 Å². The number of hydrogen-bond acceptors (Lipinski definition) is 4. The van der Waals surface area contributed by atoms with Crippen LogP contribution in [0.2, 0.25) is 0 Å². The van der Waals surface area contributed by atoms with Crippen molar-refractivity contribution in [1.82, 2.24) is 4.57 Å². The fourth-order valence-corrected chi connectivity index (χ4v) is 2.49. The highest BCUT2D eigenvalue weighted by Gasteiger charge is 2.50. The Hall–Kier alpha value is -2.04. The van der Waals surface area contributed by atoms with Crippen LogP contribution in [-0.2, 0) is 23.0 Å². The fourth-order valence-electron chi connectivity index (χ4n) is 2.49. The lowest BCUT2D eigenvalue weighted by atomic mass is 9.96. The highest BCUT2D eigenvalue weighted by Crippen LogP contribution is 2.49. The van der Waals surface area contributed by atoms with Crippen molar-refractivity contribution in [3.05, 3.63) is 34.3 Å². The van der Waals surface area contributed by atoms with Crippen LogP contribution in [0.1, 0.15) is 18.4 Å². The standard InChI is InChI=1S/C14H15NO4/c1-15-10-7-9(3-4-11(10)19-13(15)17)8-14(5-6-14)12(16)18-2/h3-4,7H,5-6,8H2,1-2H3. The molecule has 2 aromatic rings. The molecule has 1 fully saturated rings. The predicted octanol–water partition coefficient (Wildman–Crippen LogP) is 1.63. The van der Waals surface area contributed by atoms with Crippen LogP contribution in [0, 0.1) is 5.41 Å². The van der Waals surface area contributed by atoms with E-state index in [2.05, 4.69) is 0 Å². The SMILES string of the molecule is COC(=O)C1(Cc2ccc3oc(=O)n(C)c3c2)CC1. The number of fused-ring (bicyclic) bond motifs is 1. The second-order valence-corrected chi connectivity index (χ2v) is 5.18. The zero-order chi connectivity index (χ0) is 13.6. The first-order chi connectivity index (χ1) is 9.05. The third-order valence-electron chi connectivity index (χ3n) is 3.87. The van der Waals surface area contributed by atoms with Crippen LogP contribution in [0.5, 0.6) is 0 Å². The smallest absolute Gasteiger partial charge is 0.419 e. The lowest BCUT2D eigenvalue weighted by Crippen LogP contribution is -2.20. The van der Waals surface area contributed by atoms with E-state index in [0.29, 0.717) is 12.0 Å². The van der Waals surface area contributed by atoms with Gasteiger partial charge in [0.25, 0.3) is 0 Å². The Morgan fingerprint density at radius 1 is 1.47 bits per heavy atom. The molecule has 100 valence electrons. The van der Waals surface area contributed by atoms with Crippen molar-refractivity contribution in [3.63, 3.8) is 0 Å². The van der Waals surface area contributed by atoms with E-state index in [0.717, 1.165) is 23.9 Å². The van der Waals surface area contributed by atoms with Crippen LogP contribution >= 0.6 is 0 Å². The maximum atomic E-state index is 11.7. The van der Waals surface area contributed by atoms with E-state index in [4.69, 9.17) is 9.15 Å². The van der Waals surface area contributed by atoms with Crippen molar-refractivity contribution in [2.45, 2.75) is 19.3 Å². The van der Waals surface area contributed by atoms with Crippen molar-refractivity contribution in [1.29, 1.82) is 0 Å². The fraction of sp³-hybridized carbons (Fsp3) is 0.429. The molecule has 5 heteroatoms. The molecule has 0 atom stereocenters. The molecule has 19 heavy (non-hydrogen) atoms. The van der Waals surface area contributed by atoms with Gasteiger partial charge in [-0.25, -0.2) is 4.79 Å². The molecule has 0 amide bonds. The third-order valence-corrected chi connectivity index (χ3v) is 3.87. The molecule has 1 aromatic heterocycles. The van der Waals surface area contributed by atoms with Gasteiger partial charge in [0.15, 0.2) is 5.58 Å². The molecule has 5 nitrogen and oxygen atoms in total. The Bertz CT molecular complexity index is 706. The van der Waals surface area contributed by atoms with Gasteiger partial charge in [-0.05, 0) is 37.0 Å². The maximum Gasteiger partial charge on any atom is 0.419 e. The Labute approximate surface area is 109 Å². The Morgan fingerprint density at radius 2 is 2.21 bits per heavy atom. The molecule has 1 aromatic carbocycles. The summed E-state index contributed by atoms with van der Waals surface area (Å²) in [5.74, 6) is -0.519. The topological polar surface area (TPSA) is 61.4 Å². The lowest BCUT2D eigenvalue weighted by Gasteiger charge is -2.12. The number of nitrogens with zero attached hydrogens (tertiary/aromatic N) is 1. The number of carbonyl (C=O) groups is 1. The summed E-state index contributed by atoms with van der Waals surface area (Å²) in [5, 5.41) is 0. The molecule has 1 aliphatic rings. The summed E-state index contributed by atoms with van der Waals surface area (Å²) in [5.41, 5.74) is 1.99. The summed E-state index contributed by atoms with van der Waals surface area (Å²) in [6.07, 6.45) is 2.37. The number of oxazole rings is 1. The van der Waals surface area contributed by atoms with Crippen molar-refractivity contribution < 1.29 is 13.9 Å². The largest absolute Gasteiger partial charge is 0.469 e. The lowest BCUT2D eigenvalue weighted by molar-refractivity contribution is -0.147. The number of aryl methyl sites for hydroxylation is 1. The molecule has 0 bridgehead atoms. The van der Waals surface area contributed by atoms with E-state index in [-0.39, 0.29) is 17.1 Å². The summed E-state index contributed by atoms with van der Waals surface area (Å²) >= 11 is 0. The number of rotatable bonds is 3. The molecular weight excluding hydrogens is 246 g/mol. The van der Waals surface area contributed by atoms with Crippen LogP contribution in [0.25, 0.3) is 11.1 Å². The summed E-state index contributed by atoms with van der Waals surface area (Å²) in [4.78, 5) is 23.2. The number of hydrogen-bond donors (Lipinski definition) is 0. The number of benzene rings is 1. The van der Waals surface area contributed by atoms with Gasteiger partial charge in [-0.2, -0.15) is 0 Å². The van der Waals surface area contributed by atoms with E-state index in [1.807, 2.05) is 12.1 Å². The molecule has 1 heterocycles. The first-order valence-corrected chi connectivity index (χ1v) is 6.23. The maximum absolute atomic E-state index is 11.7. The quantitative estimate of drug-likeness (QED) is 0.788. The molecule has 1 saturated carbocycles. The van der Waals surface area contributed by atoms with Crippen LogP contribution in [0.4, 0.5) is 0 Å². The average Bonchev–Trinajstić information content (AvgIpc) is 3.13. The van der Waals surface area contributed by atoms with E-state index in [9.17, 15) is 9.59 Å². The average molecular weight is 261 g/mol. The van der Waals surface area contributed by atoms with Crippen molar-refractivity contribution in [2.75, 3.05) is 7.11 Å². The first-order valence-electron chi connectivity index (χ1n) is 6.23. The summed E-state index contributed by atoms with van der Waals surface area (Å²) in [6.45, 7) is 0. The van der Waals surface area contributed by atoms with Gasteiger partial charge >= 0.3 is 11.7 Å². The second kappa shape index (κ2) is 3.98. The summed E-state index contributed by atoms with van der Waals surface area (Å²) < 4.78 is 11.4. The first kappa shape index (κ1) is 12.0. The summed E-state index contributed by atoms with van der Waals surface area (Å²) in [7, 11) is 3.09. The predicted molar refractivity (Wildman–Crippen MR) is 68.8 cm³/mol. The van der Waals surface area contributed by atoms with Crippen molar-refractivity contribution in [3.8, 4) is 0 Å². The monoisotopic (exact) mass is 261 g/mol. The number of aromatic nitrogens is 1. The number of methoxy groups -OCH3 is 1. The van der Waals surface area contributed by atoms with Gasteiger partial charge in [-0.3, -0.25) is 9.36 Å². The third kappa shape index (κ3) is 1.85. The van der Waals surface area contributed by atoms with Gasteiger partial charge < -0.3 is 9.15 Å². The van der Waals surface area contributed by atoms with Crippen molar-refractivity contribution >= 4 is 17.1 Å². The van der Waals surface area contributed by atoms with Crippen LogP contribution in [-0.4, -0.2) is 17.6 Å². The molecule has 0 aliphatic heterocycles. The zero-order valence-electron chi connectivity index (χ0n) is 10.9. The normalized spacial score (nSPS) is 16.5. The van der Waals surface area contributed by atoms with Gasteiger partial charge in [-0.1, -0.05) is 6.07 Å². The highest BCUT2D eigenvalue weighted by atomic mass is 16.5. The summed E-state index contributed by atoms with van der Waals surface area (Å²) in [6, 6.07) is 5.58. The van der Waals surface area contributed by atoms with Gasteiger partial charge in [-0.15, -0.1) is 0 Å². The number of carbonyl (C=O) groups excluding carboxylic acids is 1. The molecule has 0 saturated heterocycles. The molecule has 0 unspecified atom stereocenters. The molecule has 1 aliphatic carbocycles. The Morgan fingerprint density at radius 3 is 2.84 bits per heavy atom. The minimum Gasteiger partial charge on any atom is -0.469 e. The molecule has 3 rings (SSSR count). The van der Waals surface area contributed by atoms with Gasteiger partial charge in [0.05, 0.1) is 18.0 Å². The molecule has 0 N–H and O–H groups in total. The Balaban J connectivity index is 1.96. The van der Waals surface area contributed by atoms with Crippen LogP contribution in [0.3, 0.4) is 0 Å². The van der Waals surface area contributed by atoms with Gasteiger partial charge in [0.2, 0.25) is 0 Å². The molecular formula is C14H15NO4. The van der Waals surface area contributed by atoms with Crippen LogP contribution in [0.15, 0.2) is 27.4 Å².